The van der Waals surface area contributed by atoms with Gasteiger partial charge in [-0.15, -0.1) is 5.10 Å². The van der Waals surface area contributed by atoms with E-state index in [0.717, 1.165) is 36.7 Å². The third kappa shape index (κ3) is 3.95. The maximum atomic E-state index is 13.9. The predicted molar refractivity (Wildman–Crippen MR) is 108 cm³/mol. The van der Waals surface area contributed by atoms with E-state index in [1.54, 1.807) is 6.20 Å². The number of anilines is 2. The summed E-state index contributed by atoms with van der Waals surface area (Å²) >= 11 is 5.72. The fourth-order valence-electron chi connectivity index (χ4n) is 3.56. The average Bonchev–Trinajstić information content (AvgIpc) is 3.00. The first kappa shape index (κ1) is 19.4. The Bertz CT molecular complexity index is 1130. The smallest absolute Gasteiger partial charge is 0.350 e. The van der Waals surface area contributed by atoms with E-state index in [2.05, 4.69) is 27.2 Å². The summed E-state index contributed by atoms with van der Waals surface area (Å²) < 4.78 is 16.3. The summed E-state index contributed by atoms with van der Waals surface area (Å²) in [7, 11) is 0. The van der Waals surface area contributed by atoms with E-state index in [1.807, 2.05) is 0 Å². The van der Waals surface area contributed by atoms with Crippen molar-refractivity contribution in [3.8, 4) is 0 Å². The van der Waals surface area contributed by atoms with E-state index < -0.39 is 17.4 Å². The molecule has 1 aromatic carbocycles. The van der Waals surface area contributed by atoms with E-state index in [4.69, 9.17) is 11.6 Å². The number of nitrogens with one attached hydrogen (secondary N) is 1. The van der Waals surface area contributed by atoms with Crippen LogP contribution in [0.2, 0.25) is 5.02 Å². The largest absolute Gasteiger partial charge is 0.353 e. The maximum Gasteiger partial charge on any atom is 0.350 e. The van der Waals surface area contributed by atoms with Crippen molar-refractivity contribution in [1.29, 1.82) is 0 Å². The quantitative estimate of drug-likeness (QED) is 0.704. The minimum atomic E-state index is -0.654. The Morgan fingerprint density at radius 2 is 2.24 bits per heavy atom. The van der Waals surface area contributed by atoms with Crippen LogP contribution in [0.3, 0.4) is 0 Å². The molecule has 1 atom stereocenters. The molecule has 1 unspecified atom stereocenters. The molecule has 2 aromatic heterocycles. The van der Waals surface area contributed by atoms with Crippen molar-refractivity contribution in [3.05, 3.63) is 51.9 Å². The highest BCUT2D eigenvalue weighted by Gasteiger charge is 2.22. The molecule has 1 aliphatic rings. The van der Waals surface area contributed by atoms with Gasteiger partial charge in [0.1, 0.15) is 12.4 Å². The van der Waals surface area contributed by atoms with Crippen LogP contribution in [0, 0.1) is 11.7 Å². The lowest BCUT2D eigenvalue weighted by molar-refractivity contribution is -0.117. The van der Waals surface area contributed by atoms with Crippen molar-refractivity contribution in [2.24, 2.45) is 5.92 Å². The minimum Gasteiger partial charge on any atom is -0.353 e. The SMILES string of the molecule is CC1CCCN(c2nccn3c(=O)n(CC(=O)Nc4ccc(Cl)cc4F)nc23)C1. The lowest BCUT2D eigenvalue weighted by atomic mass is 10.0. The number of fused-ring (bicyclic) bond motifs is 1. The molecule has 1 N–H and O–H groups in total. The Morgan fingerprint density at radius 3 is 3.00 bits per heavy atom. The lowest BCUT2D eigenvalue weighted by Gasteiger charge is -2.31. The van der Waals surface area contributed by atoms with Gasteiger partial charge in [0.25, 0.3) is 0 Å². The molecular formula is C19H20ClFN6O2. The van der Waals surface area contributed by atoms with Gasteiger partial charge in [0, 0.05) is 30.5 Å². The van der Waals surface area contributed by atoms with Gasteiger partial charge in [-0.2, -0.15) is 0 Å². The fourth-order valence-corrected chi connectivity index (χ4v) is 3.72. The van der Waals surface area contributed by atoms with E-state index >= 15 is 0 Å². The first-order valence-electron chi connectivity index (χ1n) is 9.36. The highest BCUT2D eigenvalue weighted by atomic mass is 35.5. The zero-order valence-corrected chi connectivity index (χ0v) is 16.6. The topological polar surface area (TPSA) is 84.5 Å². The summed E-state index contributed by atoms with van der Waals surface area (Å²) in [6.07, 6.45) is 5.28. The molecule has 29 heavy (non-hydrogen) atoms. The molecule has 152 valence electrons. The Kier molecular flexibility index (Phi) is 5.23. The van der Waals surface area contributed by atoms with E-state index in [0.29, 0.717) is 17.4 Å². The molecule has 8 nitrogen and oxygen atoms in total. The molecule has 1 fully saturated rings. The van der Waals surface area contributed by atoms with Crippen LogP contribution in [0.5, 0.6) is 0 Å². The summed E-state index contributed by atoms with van der Waals surface area (Å²) in [4.78, 5) is 31.5. The van der Waals surface area contributed by atoms with E-state index in [-0.39, 0.29) is 17.3 Å². The average molecular weight is 419 g/mol. The third-order valence-electron chi connectivity index (χ3n) is 4.94. The number of benzene rings is 1. The number of hydrogen-bond donors (Lipinski definition) is 1. The van der Waals surface area contributed by atoms with Crippen molar-refractivity contribution in [3.63, 3.8) is 0 Å². The fraction of sp³-hybridized carbons (Fsp3) is 0.368. The Balaban J connectivity index is 1.59. The van der Waals surface area contributed by atoms with Gasteiger partial charge in [0.2, 0.25) is 11.6 Å². The van der Waals surface area contributed by atoms with Crippen LogP contribution < -0.4 is 15.9 Å². The molecule has 3 heterocycles. The highest BCUT2D eigenvalue weighted by molar-refractivity contribution is 6.30. The molecule has 0 bridgehead atoms. The van der Waals surface area contributed by atoms with Crippen LogP contribution in [0.4, 0.5) is 15.9 Å². The van der Waals surface area contributed by atoms with Crippen molar-refractivity contribution in [1.82, 2.24) is 19.2 Å². The summed E-state index contributed by atoms with van der Waals surface area (Å²) in [5, 5.41) is 6.98. The van der Waals surface area contributed by atoms with Crippen molar-refractivity contribution >= 4 is 34.7 Å². The highest BCUT2D eigenvalue weighted by Crippen LogP contribution is 2.23. The van der Waals surface area contributed by atoms with Crippen molar-refractivity contribution < 1.29 is 9.18 Å². The van der Waals surface area contributed by atoms with Gasteiger partial charge in [-0.3, -0.25) is 4.79 Å². The molecule has 1 saturated heterocycles. The first-order chi connectivity index (χ1) is 13.9. The third-order valence-corrected chi connectivity index (χ3v) is 5.17. The van der Waals surface area contributed by atoms with Crippen LogP contribution in [0.15, 0.2) is 35.4 Å². The Morgan fingerprint density at radius 1 is 1.41 bits per heavy atom. The van der Waals surface area contributed by atoms with E-state index in [1.165, 1.54) is 22.7 Å². The molecule has 1 amide bonds. The van der Waals surface area contributed by atoms with Crippen LogP contribution in [-0.4, -0.2) is 38.2 Å². The second-order valence-corrected chi connectivity index (χ2v) is 7.69. The number of piperidine rings is 1. The number of rotatable bonds is 4. The second kappa shape index (κ2) is 7.82. The predicted octanol–water partition coefficient (Wildman–Crippen LogP) is 2.56. The molecule has 4 rings (SSSR count). The van der Waals surface area contributed by atoms with Crippen LogP contribution in [0.1, 0.15) is 19.8 Å². The number of halogens is 2. The minimum absolute atomic E-state index is 0.0131. The first-order valence-corrected chi connectivity index (χ1v) is 9.74. The summed E-state index contributed by atoms with van der Waals surface area (Å²) in [5.74, 6) is -0.0737. The zero-order valence-electron chi connectivity index (χ0n) is 15.8. The molecule has 1 aliphatic heterocycles. The molecule has 0 spiro atoms. The number of carbonyl (C=O) groups is 1. The van der Waals surface area contributed by atoms with Gasteiger partial charge in [-0.1, -0.05) is 18.5 Å². The monoisotopic (exact) mass is 418 g/mol. The summed E-state index contributed by atoms with van der Waals surface area (Å²) in [5.41, 5.74) is -0.0709. The summed E-state index contributed by atoms with van der Waals surface area (Å²) in [6, 6.07) is 3.93. The van der Waals surface area contributed by atoms with Crippen LogP contribution in [0.25, 0.3) is 5.65 Å². The van der Waals surface area contributed by atoms with Gasteiger partial charge in [0.15, 0.2) is 5.82 Å². The number of carbonyl (C=O) groups excluding carboxylic acids is 1. The standard InChI is InChI=1S/C19H20ClFN6O2/c1-12-3-2-7-25(10-12)17-18-24-27(19(29)26(18)8-6-22-17)11-16(28)23-15-5-4-13(20)9-14(15)21/h4-6,8-9,12H,2-3,7,10-11H2,1H3,(H,23,28). The van der Waals surface area contributed by atoms with Crippen LogP contribution in [-0.2, 0) is 11.3 Å². The molecular weight excluding hydrogens is 399 g/mol. The summed E-state index contributed by atoms with van der Waals surface area (Å²) in [6.45, 7) is 3.51. The second-order valence-electron chi connectivity index (χ2n) is 7.25. The lowest BCUT2D eigenvalue weighted by Crippen LogP contribution is -2.35. The Hall–Kier alpha value is -2.94. The van der Waals surface area contributed by atoms with Gasteiger partial charge >= 0.3 is 5.69 Å². The zero-order chi connectivity index (χ0) is 20.5. The van der Waals surface area contributed by atoms with Crippen LogP contribution >= 0.6 is 11.6 Å². The van der Waals surface area contributed by atoms with Gasteiger partial charge < -0.3 is 10.2 Å². The molecule has 0 saturated carbocycles. The van der Waals surface area contributed by atoms with E-state index in [9.17, 15) is 14.0 Å². The van der Waals surface area contributed by atoms with Crippen molar-refractivity contribution in [2.45, 2.75) is 26.3 Å². The molecule has 10 heteroatoms. The van der Waals surface area contributed by atoms with Gasteiger partial charge in [0.05, 0.1) is 5.69 Å². The maximum absolute atomic E-state index is 13.9. The van der Waals surface area contributed by atoms with Gasteiger partial charge in [-0.05, 0) is 37.0 Å². The van der Waals surface area contributed by atoms with Crippen molar-refractivity contribution in [2.75, 3.05) is 23.3 Å². The number of aromatic nitrogens is 4. The number of nitrogens with zero attached hydrogens (tertiary/aromatic N) is 5. The van der Waals surface area contributed by atoms with Gasteiger partial charge in [-0.25, -0.2) is 23.3 Å². The molecule has 0 aliphatic carbocycles. The molecule has 0 radical (unpaired) electrons. The normalized spacial score (nSPS) is 16.9. The molecule has 3 aromatic rings. The number of amides is 1. The number of hydrogen-bond acceptors (Lipinski definition) is 5. The Labute approximate surface area is 170 Å².